The molecule has 6 heteroatoms. The van der Waals surface area contributed by atoms with Crippen LogP contribution in [-0.4, -0.2) is 22.4 Å². The summed E-state index contributed by atoms with van der Waals surface area (Å²) in [6.07, 6.45) is 0.992. The average molecular weight is 429 g/mol. The van der Waals surface area contributed by atoms with Crippen LogP contribution in [0.2, 0.25) is 0 Å². The smallest absolute Gasteiger partial charge is 0.226 e. The first-order valence-electron chi connectivity index (χ1n) is 10.7. The molecule has 0 unspecified atom stereocenters. The van der Waals surface area contributed by atoms with Gasteiger partial charge in [-0.25, -0.2) is 14.4 Å². The number of aryl methyl sites for hydroxylation is 1. The lowest BCUT2D eigenvalue weighted by Gasteiger charge is -2.25. The molecule has 0 aliphatic rings. The molecule has 3 aromatic carbocycles. The molecular weight excluding hydrogens is 403 g/mol. The van der Waals surface area contributed by atoms with Crippen LogP contribution in [0.4, 0.5) is 15.9 Å². The van der Waals surface area contributed by atoms with Crippen molar-refractivity contribution in [3.63, 3.8) is 0 Å². The third-order valence-corrected chi connectivity index (χ3v) is 5.20. The predicted molar refractivity (Wildman–Crippen MR) is 126 cm³/mol. The lowest BCUT2D eigenvalue weighted by molar-refractivity contribution is -0.116. The molecular formula is C26H25FN4O. The molecule has 5 nitrogen and oxygen atoms in total. The Hall–Kier alpha value is -3.80. The van der Waals surface area contributed by atoms with Gasteiger partial charge >= 0.3 is 0 Å². The summed E-state index contributed by atoms with van der Waals surface area (Å²) in [7, 11) is 0. The van der Waals surface area contributed by atoms with Crippen LogP contribution in [0.5, 0.6) is 0 Å². The zero-order valence-electron chi connectivity index (χ0n) is 18.0. The number of nitrogens with one attached hydrogen (secondary N) is 1. The molecule has 1 heterocycles. The molecule has 0 bridgehead atoms. The number of aromatic nitrogens is 2. The molecule has 1 aromatic heterocycles. The van der Waals surface area contributed by atoms with Gasteiger partial charge in [-0.2, -0.15) is 0 Å². The number of para-hydroxylation sites is 1. The van der Waals surface area contributed by atoms with Crippen LogP contribution in [0.15, 0.2) is 78.9 Å². The quantitative estimate of drug-likeness (QED) is 0.410. The molecule has 4 aromatic rings. The summed E-state index contributed by atoms with van der Waals surface area (Å²) in [4.78, 5) is 24.2. The molecule has 0 saturated carbocycles. The van der Waals surface area contributed by atoms with E-state index in [1.54, 1.807) is 12.1 Å². The number of rotatable bonds is 8. The van der Waals surface area contributed by atoms with Crippen molar-refractivity contribution in [2.45, 2.75) is 26.3 Å². The maximum atomic E-state index is 13.1. The Labute approximate surface area is 186 Å². The zero-order valence-corrected chi connectivity index (χ0v) is 18.0. The van der Waals surface area contributed by atoms with Crippen LogP contribution in [0.1, 0.15) is 24.7 Å². The van der Waals surface area contributed by atoms with E-state index in [1.807, 2.05) is 49.4 Å². The summed E-state index contributed by atoms with van der Waals surface area (Å²) >= 11 is 0. The molecule has 162 valence electrons. The summed E-state index contributed by atoms with van der Waals surface area (Å²) in [5.74, 6) is 1.13. The second-order valence-electron chi connectivity index (χ2n) is 7.55. The van der Waals surface area contributed by atoms with Gasteiger partial charge in [0.25, 0.3) is 0 Å². The number of fused-ring (bicyclic) bond motifs is 1. The maximum Gasteiger partial charge on any atom is 0.226 e. The van der Waals surface area contributed by atoms with Crippen molar-refractivity contribution in [1.82, 2.24) is 9.97 Å². The van der Waals surface area contributed by atoms with Crippen molar-refractivity contribution < 1.29 is 9.18 Å². The van der Waals surface area contributed by atoms with E-state index in [0.29, 0.717) is 18.8 Å². The topological polar surface area (TPSA) is 58.1 Å². The molecule has 0 radical (unpaired) electrons. The van der Waals surface area contributed by atoms with Crippen molar-refractivity contribution in [3.8, 4) is 0 Å². The second-order valence-corrected chi connectivity index (χ2v) is 7.55. The largest absolute Gasteiger partial charge is 0.351 e. The summed E-state index contributed by atoms with van der Waals surface area (Å²) in [6, 6.07) is 23.8. The van der Waals surface area contributed by atoms with Gasteiger partial charge in [-0.1, -0.05) is 49.4 Å². The number of nitrogens with zero attached hydrogens (tertiary/aromatic N) is 3. The highest BCUT2D eigenvalue weighted by Gasteiger charge is 2.16. The van der Waals surface area contributed by atoms with E-state index < -0.39 is 0 Å². The minimum Gasteiger partial charge on any atom is -0.351 e. The number of carbonyl (C=O) groups is 1. The van der Waals surface area contributed by atoms with Gasteiger partial charge < -0.3 is 10.2 Å². The van der Waals surface area contributed by atoms with E-state index in [9.17, 15) is 9.18 Å². The fourth-order valence-electron chi connectivity index (χ4n) is 3.56. The third kappa shape index (κ3) is 5.27. The van der Waals surface area contributed by atoms with Gasteiger partial charge in [0.2, 0.25) is 5.91 Å². The summed E-state index contributed by atoms with van der Waals surface area (Å²) in [6.45, 7) is 3.13. The molecule has 1 amide bonds. The van der Waals surface area contributed by atoms with Crippen LogP contribution in [0.3, 0.4) is 0 Å². The summed E-state index contributed by atoms with van der Waals surface area (Å²) < 4.78 is 13.1. The van der Waals surface area contributed by atoms with Gasteiger partial charge in [-0.05, 0) is 42.0 Å². The number of hydrogen-bond donors (Lipinski definition) is 1. The SMILES string of the molecule is CCc1nc(N(CCC(=O)Nc2ccc(F)cc2)Cc2ccccc2)c2ccccc2n1. The van der Waals surface area contributed by atoms with Gasteiger partial charge in [-0.15, -0.1) is 0 Å². The number of carbonyl (C=O) groups excluding carboxylic acids is 1. The molecule has 0 aliphatic heterocycles. The van der Waals surface area contributed by atoms with Crippen LogP contribution >= 0.6 is 0 Å². The highest BCUT2D eigenvalue weighted by atomic mass is 19.1. The Morgan fingerprint density at radius 2 is 1.66 bits per heavy atom. The first-order valence-corrected chi connectivity index (χ1v) is 10.7. The van der Waals surface area contributed by atoms with E-state index in [4.69, 9.17) is 4.98 Å². The standard InChI is InChI=1S/C26H25FN4O/c1-2-24-29-23-11-7-6-10-22(23)26(30-24)31(18-19-8-4-3-5-9-19)17-16-25(32)28-21-14-12-20(27)13-15-21/h3-15H,2,16-18H2,1H3,(H,28,32). The minimum absolute atomic E-state index is 0.135. The average Bonchev–Trinajstić information content (AvgIpc) is 2.83. The van der Waals surface area contributed by atoms with Crippen molar-refractivity contribution in [1.29, 1.82) is 0 Å². The zero-order chi connectivity index (χ0) is 22.3. The molecule has 1 N–H and O–H groups in total. The molecule has 32 heavy (non-hydrogen) atoms. The van der Waals surface area contributed by atoms with E-state index in [2.05, 4.69) is 27.3 Å². The number of halogens is 1. The lowest BCUT2D eigenvalue weighted by atomic mass is 10.1. The molecule has 0 spiro atoms. The van der Waals surface area contributed by atoms with Crippen LogP contribution in [0, 0.1) is 5.82 Å². The Morgan fingerprint density at radius 1 is 0.938 bits per heavy atom. The molecule has 0 fully saturated rings. The Balaban J connectivity index is 1.60. The van der Waals surface area contributed by atoms with Crippen molar-refractivity contribution >= 4 is 28.3 Å². The third-order valence-electron chi connectivity index (χ3n) is 5.20. The first-order chi connectivity index (χ1) is 15.6. The molecule has 4 rings (SSSR count). The van der Waals surface area contributed by atoms with E-state index in [1.165, 1.54) is 12.1 Å². The maximum absolute atomic E-state index is 13.1. The number of hydrogen-bond acceptors (Lipinski definition) is 4. The van der Waals surface area contributed by atoms with Crippen molar-refractivity contribution in [2.75, 3.05) is 16.8 Å². The summed E-state index contributed by atoms with van der Waals surface area (Å²) in [5.41, 5.74) is 2.60. The second kappa shape index (κ2) is 10.0. The highest BCUT2D eigenvalue weighted by Crippen LogP contribution is 2.26. The Kier molecular flexibility index (Phi) is 6.70. The van der Waals surface area contributed by atoms with E-state index in [0.717, 1.165) is 34.5 Å². The van der Waals surface area contributed by atoms with Gasteiger partial charge in [-0.3, -0.25) is 4.79 Å². The number of benzene rings is 3. The fraction of sp³-hybridized carbons (Fsp3) is 0.192. The van der Waals surface area contributed by atoms with Gasteiger partial charge in [0, 0.05) is 37.0 Å². The van der Waals surface area contributed by atoms with E-state index in [-0.39, 0.29) is 18.1 Å². The fourth-order valence-corrected chi connectivity index (χ4v) is 3.56. The van der Waals surface area contributed by atoms with E-state index >= 15 is 0 Å². The molecule has 0 saturated heterocycles. The predicted octanol–water partition coefficient (Wildman–Crippen LogP) is 5.37. The number of amides is 1. The normalized spacial score (nSPS) is 10.8. The van der Waals surface area contributed by atoms with Crippen molar-refractivity contribution in [2.24, 2.45) is 0 Å². The van der Waals surface area contributed by atoms with Crippen molar-refractivity contribution in [3.05, 3.63) is 96.1 Å². The molecule has 0 atom stereocenters. The Morgan fingerprint density at radius 3 is 2.41 bits per heavy atom. The van der Waals surface area contributed by atoms with Gasteiger partial charge in [0.1, 0.15) is 17.5 Å². The van der Waals surface area contributed by atoms with Crippen LogP contribution in [0.25, 0.3) is 10.9 Å². The highest BCUT2D eigenvalue weighted by molar-refractivity contribution is 5.92. The minimum atomic E-state index is -0.334. The van der Waals surface area contributed by atoms with Crippen LogP contribution in [-0.2, 0) is 17.8 Å². The summed E-state index contributed by atoms with van der Waals surface area (Å²) in [5, 5.41) is 3.79. The number of anilines is 2. The van der Waals surface area contributed by atoms with Crippen LogP contribution < -0.4 is 10.2 Å². The van der Waals surface area contributed by atoms with Gasteiger partial charge in [0.15, 0.2) is 0 Å². The Bertz CT molecular complexity index is 1200. The lowest BCUT2D eigenvalue weighted by Crippen LogP contribution is -2.29. The monoisotopic (exact) mass is 428 g/mol. The molecule has 0 aliphatic carbocycles. The van der Waals surface area contributed by atoms with Gasteiger partial charge in [0.05, 0.1) is 5.52 Å². The first kappa shape index (κ1) is 21.4.